The number of hydrogen-bond donors (Lipinski definition) is 0. The maximum Gasteiger partial charge on any atom is 0.227 e. The van der Waals surface area contributed by atoms with E-state index in [2.05, 4.69) is 11.9 Å². The van der Waals surface area contributed by atoms with Crippen molar-refractivity contribution in [3.8, 4) is 0 Å². The van der Waals surface area contributed by atoms with Crippen molar-refractivity contribution in [2.24, 2.45) is 0 Å². The minimum Gasteiger partial charge on any atom is -0.342 e. The highest BCUT2D eigenvalue weighted by atomic mass is 32.1. The molecule has 0 bridgehead atoms. The number of thiazole rings is 1. The van der Waals surface area contributed by atoms with Gasteiger partial charge in [0.05, 0.1) is 11.4 Å². The molecule has 1 fully saturated rings. The first kappa shape index (κ1) is 15.2. The Balaban J connectivity index is 1.62. The van der Waals surface area contributed by atoms with E-state index in [1.807, 2.05) is 16.5 Å². The van der Waals surface area contributed by atoms with Crippen molar-refractivity contribution in [1.82, 2.24) is 9.88 Å². The molecule has 2 heterocycles. The Hall–Kier alpha value is -1.75. The van der Waals surface area contributed by atoms with Gasteiger partial charge in [0, 0.05) is 30.1 Å². The minimum absolute atomic E-state index is 0.00582. The van der Waals surface area contributed by atoms with E-state index in [9.17, 15) is 9.18 Å². The molecule has 1 saturated heterocycles. The van der Waals surface area contributed by atoms with Crippen molar-refractivity contribution in [2.45, 2.75) is 31.6 Å². The van der Waals surface area contributed by atoms with Crippen molar-refractivity contribution in [3.63, 3.8) is 0 Å². The highest BCUT2D eigenvalue weighted by Crippen LogP contribution is 2.36. The van der Waals surface area contributed by atoms with E-state index < -0.39 is 0 Å². The highest BCUT2D eigenvalue weighted by Gasteiger charge is 2.35. The van der Waals surface area contributed by atoms with Crippen LogP contribution in [0.25, 0.3) is 0 Å². The van der Waals surface area contributed by atoms with Gasteiger partial charge in [-0.2, -0.15) is 0 Å². The molecule has 3 rings (SSSR count). The average Bonchev–Trinajstić information content (AvgIpc) is 3.05. The number of benzene rings is 1. The van der Waals surface area contributed by atoms with Gasteiger partial charge < -0.3 is 4.90 Å². The SMILES string of the molecule is CC1(c2nccs2)CCN(C(=O)Cc2ccccc2F)CC1. The Kier molecular flexibility index (Phi) is 4.25. The van der Waals surface area contributed by atoms with Crippen LogP contribution in [0.4, 0.5) is 4.39 Å². The van der Waals surface area contributed by atoms with Crippen molar-refractivity contribution < 1.29 is 9.18 Å². The summed E-state index contributed by atoms with van der Waals surface area (Å²) in [7, 11) is 0. The van der Waals surface area contributed by atoms with Gasteiger partial charge in [0.25, 0.3) is 0 Å². The van der Waals surface area contributed by atoms with E-state index in [1.54, 1.807) is 29.5 Å². The van der Waals surface area contributed by atoms with Gasteiger partial charge in [0.2, 0.25) is 5.91 Å². The summed E-state index contributed by atoms with van der Waals surface area (Å²) in [6.45, 7) is 3.64. The van der Waals surface area contributed by atoms with Crippen LogP contribution in [0.5, 0.6) is 0 Å². The maximum atomic E-state index is 13.6. The fraction of sp³-hybridized carbons (Fsp3) is 0.412. The molecule has 1 amide bonds. The molecule has 116 valence electrons. The van der Waals surface area contributed by atoms with Gasteiger partial charge in [-0.3, -0.25) is 4.79 Å². The van der Waals surface area contributed by atoms with Crippen LogP contribution in [0.2, 0.25) is 0 Å². The van der Waals surface area contributed by atoms with Gasteiger partial charge in [-0.25, -0.2) is 9.37 Å². The number of nitrogens with zero attached hydrogens (tertiary/aromatic N) is 2. The van der Waals surface area contributed by atoms with E-state index in [1.165, 1.54) is 6.07 Å². The summed E-state index contributed by atoms with van der Waals surface area (Å²) in [5, 5.41) is 3.14. The molecule has 5 heteroatoms. The summed E-state index contributed by atoms with van der Waals surface area (Å²) in [5.41, 5.74) is 0.531. The van der Waals surface area contributed by atoms with Gasteiger partial charge in [0.15, 0.2) is 0 Å². The Labute approximate surface area is 133 Å². The van der Waals surface area contributed by atoms with Crippen molar-refractivity contribution in [2.75, 3.05) is 13.1 Å². The molecule has 0 atom stereocenters. The third-order valence-corrected chi connectivity index (χ3v) is 5.55. The molecular formula is C17H19FN2OS. The zero-order chi connectivity index (χ0) is 15.6. The average molecular weight is 318 g/mol. The Bertz CT molecular complexity index is 648. The first-order valence-corrected chi connectivity index (χ1v) is 8.38. The second kappa shape index (κ2) is 6.16. The van der Waals surface area contributed by atoms with Gasteiger partial charge in [-0.05, 0) is 24.5 Å². The second-order valence-corrected chi connectivity index (χ2v) is 6.94. The molecule has 0 unspecified atom stereocenters. The number of halogens is 1. The van der Waals surface area contributed by atoms with Gasteiger partial charge >= 0.3 is 0 Å². The summed E-state index contributed by atoms with van der Waals surface area (Å²) in [5.74, 6) is -0.299. The molecular weight excluding hydrogens is 299 g/mol. The van der Waals surface area contributed by atoms with E-state index in [4.69, 9.17) is 0 Å². The van der Waals surface area contributed by atoms with Crippen molar-refractivity contribution in [1.29, 1.82) is 0 Å². The zero-order valence-corrected chi connectivity index (χ0v) is 13.4. The predicted molar refractivity (Wildman–Crippen MR) is 85.4 cm³/mol. The molecule has 1 aromatic heterocycles. The monoisotopic (exact) mass is 318 g/mol. The first-order valence-electron chi connectivity index (χ1n) is 7.50. The van der Waals surface area contributed by atoms with Crippen LogP contribution < -0.4 is 0 Å². The zero-order valence-electron chi connectivity index (χ0n) is 12.6. The lowest BCUT2D eigenvalue weighted by Crippen LogP contribution is -2.44. The van der Waals surface area contributed by atoms with Crippen LogP contribution in [0, 0.1) is 5.82 Å². The third kappa shape index (κ3) is 3.04. The molecule has 1 aliphatic heterocycles. The van der Waals surface area contributed by atoms with Crippen LogP contribution >= 0.6 is 11.3 Å². The Morgan fingerprint density at radius 2 is 2.09 bits per heavy atom. The third-order valence-electron chi connectivity index (χ3n) is 4.47. The Morgan fingerprint density at radius 1 is 1.36 bits per heavy atom. The van der Waals surface area contributed by atoms with Crippen LogP contribution in [-0.2, 0) is 16.6 Å². The van der Waals surface area contributed by atoms with Crippen LogP contribution in [-0.4, -0.2) is 28.9 Å². The van der Waals surface area contributed by atoms with Crippen molar-refractivity contribution in [3.05, 3.63) is 52.2 Å². The summed E-state index contributed by atoms with van der Waals surface area (Å²) < 4.78 is 13.6. The number of likely N-dealkylation sites (tertiary alicyclic amines) is 1. The van der Waals surface area contributed by atoms with E-state index >= 15 is 0 Å². The predicted octanol–water partition coefficient (Wildman–Crippen LogP) is 3.41. The van der Waals surface area contributed by atoms with Gasteiger partial charge in [-0.15, -0.1) is 11.3 Å². The van der Waals surface area contributed by atoms with Gasteiger partial charge in [0.1, 0.15) is 5.82 Å². The van der Waals surface area contributed by atoms with Crippen LogP contribution in [0.3, 0.4) is 0 Å². The van der Waals surface area contributed by atoms with E-state index in [0.29, 0.717) is 18.7 Å². The van der Waals surface area contributed by atoms with E-state index in [0.717, 1.165) is 17.8 Å². The molecule has 0 radical (unpaired) electrons. The molecule has 0 aliphatic carbocycles. The topological polar surface area (TPSA) is 33.2 Å². The number of piperidine rings is 1. The molecule has 0 spiro atoms. The molecule has 2 aromatic rings. The lowest BCUT2D eigenvalue weighted by atomic mass is 9.81. The largest absolute Gasteiger partial charge is 0.342 e. The fourth-order valence-corrected chi connectivity index (χ4v) is 3.76. The second-order valence-electron chi connectivity index (χ2n) is 6.05. The summed E-state index contributed by atoms with van der Waals surface area (Å²) in [6, 6.07) is 6.49. The van der Waals surface area contributed by atoms with Crippen molar-refractivity contribution >= 4 is 17.2 Å². The molecule has 1 aromatic carbocycles. The quantitative estimate of drug-likeness (QED) is 0.869. The normalized spacial score (nSPS) is 17.5. The molecule has 0 saturated carbocycles. The maximum absolute atomic E-state index is 13.6. The first-order chi connectivity index (χ1) is 10.6. The van der Waals surface area contributed by atoms with Crippen LogP contribution in [0.1, 0.15) is 30.3 Å². The van der Waals surface area contributed by atoms with E-state index in [-0.39, 0.29) is 23.6 Å². The number of carbonyl (C=O) groups is 1. The standard InChI is InChI=1S/C17H19FN2OS/c1-17(16-19-8-11-22-16)6-9-20(10-7-17)15(21)12-13-4-2-3-5-14(13)18/h2-5,8,11H,6-7,9-10,12H2,1H3. The number of amides is 1. The number of carbonyl (C=O) groups excluding carboxylic acids is 1. The number of hydrogen-bond acceptors (Lipinski definition) is 3. The Morgan fingerprint density at radius 3 is 2.73 bits per heavy atom. The highest BCUT2D eigenvalue weighted by molar-refractivity contribution is 7.09. The number of aromatic nitrogens is 1. The summed E-state index contributed by atoms with van der Waals surface area (Å²) in [6.07, 6.45) is 3.79. The summed E-state index contributed by atoms with van der Waals surface area (Å²) >= 11 is 1.68. The lowest BCUT2D eigenvalue weighted by molar-refractivity contribution is -0.132. The molecule has 3 nitrogen and oxygen atoms in total. The molecule has 1 aliphatic rings. The molecule has 22 heavy (non-hydrogen) atoms. The van der Waals surface area contributed by atoms with Crippen LogP contribution in [0.15, 0.2) is 35.8 Å². The lowest BCUT2D eigenvalue weighted by Gasteiger charge is -2.38. The number of rotatable bonds is 3. The summed E-state index contributed by atoms with van der Waals surface area (Å²) in [4.78, 5) is 18.6. The molecule has 0 N–H and O–H groups in total. The smallest absolute Gasteiger partial charge is 0.227 e. The van der Waals surface area contributed by atoms with Gasteiger partial charge in [-0.1, -0.05) is 25.1 Å². The fourth-order valence-electron chi connectivity index (χ4n) is 2.90. The minimum atomic E-state index is -0.305.